The number of halogens is 1. The molecule has 0 aliphatic carbocycles. The second-order valence-electron chi connectivity index (χ2n) is 5.03. The third kappa shape index (κ3) is 5.11. The van der Waals surface area contributed by atoms with Gasteiger partial charge in [-0.2, -0.15) is 13.5 Å². The minimum absolute atomic E-state index is 0.0714. The van der Waals surface area contributed by atoms with Crippen LogP contribution in [0, 0.1) is 0 Å². The van der Waals surface area contributed by atoms with E-state index in [1.807, 2.05) is 6.92 Å². The Balaban J connectivity index is 2.20. The van der Waals surface area contributed by atoms with Gasteiger partial charge in [0.15, 0.2) is 11.5 Å². The molecule has 0 spiro atoms. The molecule has 8 heteroatoms. The van der Waals surface area contributed by atoms with Crippen molar-refractivity contribution in [2.75, 3.05) is 13.7 Å². The van der Waals surface area contributed by atoms with Crippen LogP contribution in [0.4, 0.5) is 0 Å². The number of rotatable bonds is 8. The van der Waals surface area contributed by atoms with Crippen molar-refractivity contribution < 1.29 is 17.9 Å². The monoisotopic (exact) mass is 382 g/mol. The molecule has 1 N–H and O–H groups in total. The van der Waals surface area contributed by atoms with Crippen LogP contribution in [-0.4, -0.2) is 28.3 Å². The molecule has 0 atom stereocenters. The van der Waals surface area contributed by atoms with E-state index in [2.05, 4.69) is 9.93 Å². The third-order valence-electron chi connectivity index (χ3n) is 3.18. The van der Waals surface area contributed by atoms with Crippen LogP contribution in [0.15, 0.2) is 52.5 Å². The summed E-state index contributed by atoms with van der Waals surface area (Å²) in [7, 11) is -2.23. The lowest BCUT2D eigenvalue weighted by Gasteiger charge is -2.12. The van der Waals surface area contributed by atoms with E-state index in [0.717, 1.165) is 6.42 Å². The first-order chi connectivity index (χ1) is 12.0. The molecule has 0 aliphatic heterocycles. The molecule has 0 saturated carbocycles. The number of ether oxygens (including phenoxy) is 2. The number of nitrogens with one attached hydrogen (secondary N) is 1. The zero-order valence-electron chi connectivity index (χ0n) is 13.9. The van der Waals surface area contributed by atoms with Gasteiger partial charge in [0, 0.05) is 10.6 Å². The summed E-state index contributed by atoms with van der Waals surface area (Å²) in [6.45, 7) is 2.50. The predicted molar refractivity (Wildman–Crippen MR) is 98.1 cm³/mol. The topological polar surface area (TPSA) is 77.0 Å². The van der Waals surface area contributed by atoms with Crippen molar-refractivity contribution >= 4 is 27.8 Å². The average Bonchev–Trinajstić information content (AvgIpc) is 2.60. The van der Waals surface area contributed by atoms with Gasteiger partial charge in [0.1, 0.15) is 0 Å². The lowest BCUT2D eigenvalue weighted by atomic mass is 10.2. The Morgan fingerprint density at radius 3 is 2.56 bits per heavy atom. The summed E-state index contributed by atoms with van der Waals surface area (Å²) in [5.41, 5.74) is 0.603. The first-order valence-corrected chi connectivity index (χ1v) is 9.44. The molecule has 0 fully saturated rings. The van der Waals surface area contributed by atoms with Gasteiger partial charge in [-0.15, -0.1) is 0 Å². The molecule has 2 rings (SSSR count). The Kier molecular flexibility index (Phi) is 6.66. The second-order valence-corrected chi connectivity index (χ2v) is 7.13. The van der Waals surface area contributed by atoms with Crippen LogP contribution in [-0.2, 0) is 10.0 Å². The van der Waals surface area contributed by atoms with E-state index in [1.54, 1.807) is 18.2 Å². The molecule has 0 aromatic heterocycles. The van der Waals surface area contributed by atoms with Crippen LogP contribution in [0.25, 0.3) is 0 Å². The van der Waals surface area contributed by atoms with Crippen molar-refractivity contribution in [1.29, 1.82) is 0 Å². The maximum absolute atomic E-state index is 12.2. The van der Waals surface area contributed by atoms with Crippen LogP contribution in [0.2, 0.25) is 5.02 Å². The van der Waals surface area contributed by atoms with Crippen molar-refractivity contribution in [2.24, 2.45) is 5.10 Å². The smallest absolute Gasteiger partial charge is 0.276 e. The Morgan fingerprint density at radius 1 is 1.20 bits per heavy atom. The van der Waals surface area contributed by atoms with Gasteiger partial charge < -0.3 is 9.47 Å². The van der Waals surface area contributed by atoms with Crippen molar-refractivity contribution in [3.63, 3.8) is 0 Å². The highest BCUT2D eigenvalue weighted by Crippen LogP contribution is 2.30. The van der Waals surface area contributed by atoms with Crippen molar-refractivity contribution in [2.45, 2.75) is 18.2 Å². The minimum atomic E-state index is -3.77. The quantitative estimate of drug-likeness (QED) is 0.560. The molecule has 134 valence electrons. The van der Waals surface area contributed by atoms with Crippen molar-refractivity contribution in [1.82, 2.24) is 4.83 Å². The maximum atomic E-state index is 12.2. The summed E-state index contributed by atoms with van der Waals surface area (Å²) < 4.78 is 35.3. The fourth-order valence-corrected chi connectivity index (χ4v) is 2.90. The fourth-order valence-electron chi connectivity index (χ4n) is 1.99. The normalized spacial score (nSPS) is 11.5. The van der Waals surface area contributed by atoms with Gasteiger partial charge in [0.25, 0.3) is 10.0 Å². The maximum Gasteiger partial charge on any atom is 0.276 e. The molecule has 2 aromatic carbocycles. The SMILES string of the molecule is CCCOc1c(/C=N/NS(=O)(=O)c2ccc(Cl)cc2)cccc1OC. The third-order valence-corrected chi connectivity index (χ3v) is 4.67. The second kappa shape index (κ2) is 8.73. The Bertz CT molecular complexity index is 836. The minimum Gasteiger partial charge on any atom is -0.493 e. The summed E-state index contributed by atoms with van der Waals surface area (Å²) in [5, 5.41) is 4.28. The van der Waals surface area contributed by atoms with Gasteiger partial charge in [-0.05, 0) is 42.8 Å². The van der Waals surface area contributed by atoms with Crippen molar-refractivity contribution in [3.05, 3.63) is 53.1 Å². The zero-order valence-corrected chi connectivity index (χ0v) is 15.5. The number of methoxy groups -OCH3 is 1. The van der Waals surface area contributed by atoms with Gasteiger partial charge >= 0.3 is 0 Å². The molecule has 0 unspecified atom stereocenters. The van der Waals surface area contributed by atoms with Crippen molar-refractivity contribution in [3.8, 4) is 11.5 Å². The van der Waals surface area contributed by atoms with E-state index in [9.17, 15) is 8.42 Å². The molecular weight excluding hydrogens is 364 g/mol. The summed E-state index contributed by atoms with van der Waals surface area (Å²) in [4.78, 5) is 2.24. The largest absolute Gasteiger partial charge is 0.493 e. The summed E-state index contributed by atoms with van der Waals surface area (Å²) in [6, 6.07) is 11.1. The van der Waals surface area contributed by atoms with E-state index >= 15 is 0 Å². The van der Waals surface area contributed by atoms with Crippen LogP contribution >= 0.6 is 11.6 Å². The van der Waals surface area contributed by atoms with E-state index in [0.29, 0.717) is 28.7 Å². The standard InChI is InChI=1S/C17H19ClN2O4S/c1-3-11-24-17-13(5-4-6-16(17)23-2)12-19-20-25(21,22)15-9-7-14(18)8-10-15/h4-10,12,20H,3,11H2,1-2H3/b19-12+. The van der Waals surface area contributed by atoms with Gasteiger partial charge in [0.2, 0.25) is 0 Å². The lowest BCUT2D eigenvalue weighted by molar-refractivity contribution is 0.294. The highest BCUT2D eigenvalue weighted by molar-refractivity contribution is 7.89. The van der Waals surface area contributed by atoms with E-state index in [4.69, 9.17) is 21.1 Å². The predicted octanol–water partition coefficient (Wildman–Crippen LogP) is 3.45. The summed E-state index contributed by atoms with van der Waals surface area (Å²) >= 11 is 5.76. The molecule has 6 nitrogen and oxygen atoms in total. The molecular formula is C17H19ClN2O4S. The molecule has 0 bridgehead atoms. The number of para-hydroxylation sites is 1. The van der Waals surface area contributed by atoms with Crippen LogP contribution in [0.1, 0.15) is 18.9 Å². The van der Waals surface area contributed by atoms with E-state index in [1.165, 1.54) is 37.6 Å². The molecule has 0 aliphatic rings. The van der Waals surface area contributed by atoms with Gasteiger partial charge in [0.05, 0.1) is 24.8 Å². The van der Waals surface area contributed by atoms with Crippen LogP contribution < -0.4 is 14.3 Å². The van der Waals surface area contributed by atoms with Gasteiger partial charge in [-0.25, -0.2) is 4.83 Å². The molecule has 0 heterocycles. The van der Waals surface area contributed by atoms with Crippen LogP contribution in [0.5, 0.6) is 11.5 Å². The molecule has 0 saturated heterocycles. The Morgan fingerprint density at radius 2 is 1.92 bits per heavy atom. The Labute approximate surface area is 152 Å². The van der Waals surface area contributed by atoms with E-state index < -0.39 is 10.0 Å². The number of nitrogens with zero attached hydrogens (tertiary/aromatic N) is 1. The first-order valence-electron chi connectivity index (χ1n) is 7.58. The first kappa shape index (κ1) is 19.1. The zero-order chi connectivity index (χ0) is 18.3. The van der Waals surface area contributed by atoms with Gasteiger partial charge in [-0.3, -0.25) is 0 Å². The lowest BCUT2D eigenvalue weighted by Crippen LogP contribution is -2.18. The summed E-state index contributed by atoms with van der Waals surface area (Å²) in [5.74, 6) is 1.07. The fraction of sp³-hybridized carbons (Fsp3) is 0.235. The molecule has 2 aromatic rings. The molecule has 0 radical (unpaired) electrons. The number of sulfonamides is 1. The number of hydrogen-bond donors (Lipinski definition) is 1. The Hall–Kier alpha value is -2.25. The van der Waals surface area contributed by atoms with Crippen LogP contribution in [0.3, 0.4) is 0 Å². The van der Waals surface area contributed by atoms with E-state index in [-0.39, 0.29) is 4.90 Å². The number of benzene rings is 2. The number of hydrazone groups is 1. The van der Waals surface area contributed by atoms with Gasteiger partial charge in [-0.1, -0.05) is 24.6 Å². The molecule has 25 heavy (non-hydrogen) atoms. The average molecular weight is 383 g/mol. The highest BCUT2D eigenvalue weighted by Gasteiger charge is 2.13. The number of hydrogen-bond acceptors (Lipinski definition) is 5. The summed E-state index contributed by atoms with van der Waals surface area (Å²) in [6.07, 6.45) is 2.21. The highest BCUT2D eigenvalue weighted by atomic mass is 35.5. The molecule has 0 amide bonds.